The predicted octanol–water partition coefficient (Wildman–Crippen LogP) is 1.19. The van der Waals surface area contributed by atoms with Crippen LogP contribution >= 0.6 is 0 Å². The zero-order valence-electron chi connectivity index (χ0n) is 13.3. The number of urea groups is 1. The summed E-state index contributed by atoms with van der Waals surface area (Å²) in [6, 6.07) is -0.322. The number of carbonyl (C=O) groups excluding carboxylic acids is 2. The van der Waals surface area contributed by atoms with Gasteiger partial charge in [-0.2, -0.15) is 0 Å². The fraction of sp³-hybridized carbons (Fsp3) is 0.786. The third-order valence-electron chi connectivity index (χ3n) is 3.10. The molecule has 0 fully saturated rings. The van der Waals surface area contributed by atoms with E-state index in [2.05, 4.69) is 10.6 Å². The third kappa shape index (κ3) is 8.88. The van der Waals surface area contributed by atoms with Crippen LogP contribution in [0.1, 0.15) is 47.0 Å². The molecule has 0 aliphatic carbocycles. The van der Waals surface area contributed by atoms with Crippen molar-refractivity contribution >= 4 is 17.9 Å². The lowest BCUT2D eigenvalue weighted by atomic mass is 10.2. The van der Waals surface area contributed by atoms with E-state index in [0.717, 1.165) is 6.42 Å². The summed E-state index contributed by atoms with van der Waals surface area (Å²) < 4.78 is 0. The van der Waals surface area contributed by atoms with Crippen molar-refractivity contribution in [1.82, 2.24) is 15.5 Å². The van der Waals surface area contributed by atoms with Crippen LogP contribution in [0.4, 0.5) is 4.79 Å². The maximum absolute atomic E-state index is 11.9. The second kappa shape index (κ2) is 10.0. The highest BCUT2D eigenvalue weighted by Gasteiger charge is 2.17. The van der Waals surface area contributed by atoms with E-state index >= 15 is 0 Å². The smallest absolute Gasteiger partial charge is 0.317 e. The lowest BCUT2D eigenvalue weighted by Crippen LogP contribution is -2.46. The summed E-state index contributed by atoms with van der Waals surface area (Å²) in [6.07, 6.45) is 0.968. The van der Waals surface area contributed by atoms with Gasteiger partial charge in [0.15, 0.2) is 0 Å². The quantitative estimate of drug-likeness (QED) is 0.595. The average Bonchev–Trinajstić information content (AvgIpc) is 2.37. The van der Waals surface area contributed by atoms with Crippen LogP contribution in [-0.2, 0) is 9.59 Å². The second-order valence-electron chi connectivity index (χ2n) is 5.29. The van der Waals surface area contributed by atoms with Gasteiger partial charge in [-0.15, -0.1) is 0 Å². The van der Waals surface area contributed by atoms with Crippen molar-refractivity contribution in [3.63, 3.8) is 0 Å². The third-order valence-corrected chi connectivity index (χ3v) is 3.10. The zero-order valence-corrected chi connectivity index (χ0v) is 13.3. The van der Waals surface area contributed by atoms with Gasteiger partial charge in [-0.1, -0.05) is 6.92 Å². The molecule has 7 heteroatoms. The Morgan fingerprint density at radius 1 is 1.14 bits per heavy atom. The molecule has 0 aliphatic heterocycles. The Morgan fingerprint density at radius 2 is 1.76 bits per heavy atom. The Kier molecular flexibility index (Phi) is 9.16. The Balaban J connectivity index is 4.14. The molecule has 0 aromatic carbocycles. The number of nitrogens with one attached hydrogen (secondary N) is 2. The molecule has 3 amide bonds. The molecule has 122 valence electrons. The van der Waals surface area contributed by atoms with E-state index in [-0.39, 0.29) is 50.0 Å². The van der Waals surface area contributed by atoms with Gasteiger partial charge in [-0.25, -0.2) is 4.79 Å². The van der Waals surface area contributed by atoms with Gasteiger partial charge in [0.05, 0.1) is 6.42 Å². The zero-order chi connectivity index (χ0) is 16.4. The Hall–Kier alpha value is -1.79. The van der Waals surface area contributed by atoms with Crippen LogP contribution in [0.15, 0.2) is 0 Å². The van der Waals surface area contributed by atoms with E-state index in [9.17, 15) is 14.4 Å². The minimum Gasteiger partial charge on any atom is -0.481 e. The van der Waals surface area contributed by atoms with Crippen LogP contribution in [0, 0.1) is 0 Å². The molecule has 0 radical (unpaired) electrons. The molecule has 21 heavy (non-hydrogen) atoms. The van der Waals surface area contributed by atoms with Crippen LogP contribution in [0.3, 0.4) is 0 Å². The number of hydrogen-bond donors (Lipinski definition) is 3. The fourth-order valence-electron chi connectivity index (χ4n) is 1.64. The number of amides is 3. The molecule has 1 unspecified atom stereocenters. The molecule has 0 rings (SSSR count). The van der Waals surface area contributed by atoms with Gasteiger partial charge in [0.1, 0.15) is 0 Å². The van der Waals surface area contributed by atoms with Crippen LogP contribution in [-0.4, -0.2) is 53.1 Å². The van der Waals surface area contributed by atoms with E-state index < -0.39 is 5.97 Å². The van der Waals surface area contributed by atoms with Crippen LogP contribution < -0.4 is 10.6 Å². The van der Waals surface area contributed by atoms with Crippen molar-refractivity contribution < 1.29 is 19.5 Å². The average molecular weight is 301 g/mol. The molecular weight excluding hydrogens is 274 g/mol. The first-order valence-electron chi connectivity index (χ1n) is 7.33. The van der Waals surface area contributed by atoms with Crippen molar-refractivity contribution in [3.8, 4) is 0 Å². The van der Waals surface area contributed by atoms with Crippen molar-refractivity contribution in [2.45, 2.75) is 59.0 Å². The molecule has 1 atom stereocenters. The van der Waals surface area contributed by atoms with Gasteiger partial charge in [-0.05, 0) is 27.2 Å². The Labute approximate surface area is 126 Å². The molecule has 0 bridgehead atoms. The molecule has 7 nitrogen and oxygen atoms in total. The van der Waals surface area contributed by atoms with Crippen molar-refractivity contribution in [3.05, 3.63) is 0 Å². The van der Waals surface area contributed by atoms with Crippen molar-refractivity contribution in [2.75, 3.05) is 13.1 Å². The van der Waals surface area contributed by atoms with Crippen molar-refractivity contribution in [2.24, 2.45) is 0 Å². The summed E-state index contributed by atoms with van der Waals surface area (Å²) in [5, 5.41) is 14.1. The molecule has 3 N–H and O–H groups in total. The maximum Gasteiger partial charge on any atom is 0.317 e. The topological polar surface area (TPSA) is 98.7 Å². The highest BCUT2D eigenvalue weighted by Crippen LogP contribution is 2.01. The van der Waals surface area contributed by atoms with Crippen molar-refractivity contribution in [1.29, 1.82) is 0 Å². The summed E-state index contributed by atoms with van der Waals surface area (Å²) in [4.78, 5) is 35.5. The number of carboxylic acid groups (broad SMARTS) is 1. The first kappa shape index (κ1) is 19.2. The maximum atomic E-state index is 11.9. The molecule has 0 saturated carbocycles. The van der Waals surface area contributed by atoms with E-state index in [1.54, 1.807) is 0 Å². The molecular formula is C14H27N3O4. The molecule has 0 heterocycles. The summed E-state index contributed by atoms with van der Waals surface area (Å²) >= 11 is 0. The molecule has 0 aromatic heterocycles. The van der Waals surface area contributed by atoms with E-state index in [1.807, 2.05) is 27.7 Å². The molecule has 0 spiro atoms. The molecule has 0 aromatic rings. The highest BCUT2D eigenvalue weighted by molar-refractivity contribution is 5.78. The minimum atomic E-state index is -0.943. The lowest BCUT2D eigenvalue weighted by molar-refractivity contribution is -0.137. The Morgan fingerprint density at radius 3 is 2.24 bits per heavy atom. The summed E-state index contributed by atoms with van der Waals surface area (Å²) in [5.41, 5.74) is 0. The normalized spacial score (nSPS) is 11.9. The SMILES string of the molecule is CCC(C)NC(=O)CCNC(=O)N(CCC(=O)O)C(C)C. The van der Waals surface area contributed by atoms with Gasteiger partial charge >= 0.3 is 12.0 Å². The largest absolute Gasteiger partial charge is 0.481 e. The summed E-state index contributed by atoms with van der Waals surface area (Å²) in [6.45, 7) is 7.92. The number of nitrogens with zero attached hydrogens (tertiary/aromatic N) is 1. The standard InChI is InChI=1S/C14H27N3O4/c1-5-11(4)16-12(18)6-8-15-14(21)17(10(2)3)9-7-13(19)20/h10-11H,5-9H2,1-4H3,(H,15,21)(H,16,18)(H,19,20). The molecule has 0 aliphatic rings. The van der Waals surface area contributed by atoms with Gasteiger partial charge in [0, 0.05) is 31.6 Å². The van der Waals surface area contributed by atoms with Gasteiger partial charge < -0.3 is 20.6 Å². The minimum absolute atomic E-state index is 0.0971. The van der Waals surface area contributed by atoms with Gasteiger partial charge in [0.2, 0.25) is 5.91 Å². The second-order valence-corrected chi connectivity index (χ2v) is 5.29. The molecule has 0 saturated heterocycles. The highest BCUT2D eigenvalue weighted by atomic mass is 16.4. The number of carboxylic acids is 1. The van der Waals surface area contributed by atoms with Crippen LogP contribution in [0.2, 0.25) is 0 Å². The van der Waals surface area contributed by atoms with Crippen LogP contribution in [0.5, 0.6) is 0 Å². The first-order chi connectivity index (χ1) is 9.77. The number of rotatable bonds is 9. The van der Waals surface area contributed by atoms with Crippen LogP contribution in [0.25, 0.3) is 0 Å². The number of carbonyl (C=O) groups is 3. The lowest BCUT2D eigenvalue weighted by Gasteiger charge is -2.26. The summed E-state index contributed by atoms with van der Waals surface area (Å²) in [5.74, 6) is -1.05. The van der Waals surface area contributed by atoms with Gasteiger partial charge in [0.25, 0.3) is 0 Å². The fourth-order valence-corrected chi connectivity index (χ4v) is 1.64. The number of aliphatic carboxylic acids is 1. The number of hydrogen-bond acceptors (Lipinski definition) is 3. The summed E-state index contributed by atoms with van der Waals surface area (Å²) in [7, 11) is 0. The first-order valence-corrected chi connectivity index (χ1v) is 7.33. The van der Waals surface area contributed by atoms with Gasteiger partial charge in [-0.3, -0.25) is 9.59 Å². The van der Waals surface area contributed by atoms with E-state index in [4.69, 9.17) is 5.11 Å². The predicted molar refractivity (Wildman–Crippen MR) is 80.0 cm³/mol. The van der Waals surface area contributed by atoms with E-state index in [1.165, 1.54) is 4.90 Å². The monoisotopic (exact) mass is 301 g/mol. The Bertz CT molecular complexity index is 358. The van der Waals surface area contributed by atoms with E-state index in [0.29, 0.717) is 0 Å².